The minimum Gasteiger partial charge on any atom is -0.494 e. The number of rotatable bonds is 8. The number of para-hydroxylation sites is 1. The molecular weight excluding hydrogens is 336 g/mol. The maximum absolute atomic E-state index is 12.2. The first-order valence-electron chi connectivity index (χ1n) is 8.41. The van der Waals surface area contributed by atoms with Crippen LogP contribution in [0.15, 0.2) is 48.7 Å². The fourth-order valence-corrected chi connectivity index (χ4v) is 2.55. The molecule has 2 heterocycles. The number of carbonyl (C=O) groups excluding carboxylic acids is 1. The zero-order valence-electron chi connectivity index (χ0n) is 14.2. The van der Waals surface area contributed by atoms with Crippen molar-refractivity contribution in [2.45, 2.75) is 12.5 Å². The zero-order chi connectivity index (χ0) is 18.4. The summed E-state index contributed by atoms with van der Waals surface area (Å²) in [5.74, 6) is -0.435. The number of hydrogen-bond donors (Lipinski definition) is 1. The van der Waals surface area contributed by atoms with Crippen molar-refractivity contribution in [2.75, 3.05) is 26.3 Å². The number of carbonyl (C=O) groups is 2. The number of amides is 1. The van der Waals surface area contributed by atoms with E-state index in [2.05, 4.69) is 4.98 Å². The molecule has 1 aliphatic rings. The van der Waals surface area contributed by atoms with Crippen LogP contribution in [0.1, 0.15) is 27.3 Å². The lowest BCUT2D eigenvalue weighted by Crippen LogP contribution is -2.54. The van der Waals surface area contributed by atoms with E-state index in [0.29, 0.717) is 31.9 Å². The van der Waals surface area contributed by atoms with Crippen LogP contribution in [0.2, 0.25) is 0 Å². The molecule has 7 heteroatoms. The van der Waals surface area contributed by atoms with Crippen molar-refractivity contribution in [3.8, 4) is 5.75 Å². The highest BCUT2D eigenvalue weighted by molar-refractivity contribution is 5.95. The average molecular weight is 356 g/mol. The Balaban J connectivity index is 1.32. The van der Waals surface area contributed by atoms with E-state index >= 15 is 0 Å². The molecule has 1 fully saturated rings. The molecule has 1 aromatic carbocycles. The molecule has 1 saturated heterocycles. The van der Waals surface area contributed by atoms with Crippen molar-refractivity contribution < 1.29 is 24.2 Å². The number of nitrogens with zero attached hydrogens (tertiary/aromatic N) is 2. The van der Waals surface area contributed by atoms with Crippen LogP contribution in [0.3, 0.4) is 0 Å². The minimum absolute atomic E-state index is 0.0296. The summed E-state index contributed by atoms with van der Waals surface area (Å²) in [5, 5.41) is 8.82. The monoisotopic (exact) mass is 356 g/mol. The first kappa shape index (κ1) is 17.9. The van der Waals surface area contributed by atoms with E-state index in [0.717, 1.165) is 12.2 Å². The number of carboxylic acids is 1. The van der Waals surface area contributed by atoms with E-state index in [4.69, 9.17) is 14.6 Å². The molecule has 1 aliphatic heterocycles. The van der Waals surface area contributed by atoms with Gasteiger partial charge < -0.3 is 19.5 Å². The molecule has 1 amide bonds. The lowest BCUT2D eigenvalue weighted by molar-refractivity contribution is -0.0449. The molecule has 0 radical (unpaired) electrons. The summed E-state index contributed by atoms with van der Waals surface area (Å²) in [5.41, 5.74) is 0.300. The number of benzene rings is 1. The van der Waals surface area contributed by atoms with E-state index in [1.54, 1.807) is 4.90 Å². The van der Waals surface area contributed by atoms with Crippen LogP contribution >= 0.6 is 0 Å². The molecule has 0 spiro atoms. The van der Waals surface area contributed by atoms with Gasteiger partial charge in [-0.05, 0) is 24.3 Å². The van der Waals surface area contributed by atoms with Gasteiger partial charge in [0.15, 0.2) is 0 Å². The van der Waals surface area contributed by atoms with Crippen LogP contribution in [0, 0.1) is 0 Å². The third-order valence-corrected chi connectivity index (χ3v) is 4.02. The summed E-state index contributed by atoms with van der Waals surface area (Å²) in [6.07, 6.45) is 2.10. The fourth-order valence-electron chi connectivity index (χ4n) is 2.55. The highest BCUT2D eigenvalue weighted by atomic mass is 16.5. The van der Waals surface area contributed by atoms with Gasteiger partial charge in [0, 0.05) is 25.7 Å². The zero-order valence-corrected chi connectivity index (χ0v) is 14.2. The second kappa shape index (κ2) is 8.44. The van der Waals surface area contributed by atoms with E-state index < -0.39 is 5.97 Å². The molecule has 0 aliphatic carbocycles. The van der Waals surface area contributed by atoms with Crippen molar-refractivity contribution in [3.05, 3.63) is 59.9 Å². The minimum atomic E-state index is -1.11. The van der Waals surface area contributed by atoms with Crippen LogP contribution < -0.4 is 4.74 Å². The highest BCUT2D eigenvalue weighted by Crippen LogP contribution is 2.16. The van der Waals surface area contributed by atoms with Gasteiger partial charge >= 0.3 is 5.97 Å². The topological polar surface area (TPSA) is 89.0 Å². The average Bonchev–Trinajstić information content (AvgIpc) is 2.63. The van der Waals surface area contributed by atoms with Gasteiger partial charge in [-0.25, -0.2) is 9.78 Å². The fraction of sp³-hybridized carbons (Fsp3) is 0.316. The second-order valence-electron chi connectivity index (χ2n) is 5.96. The summed E-state index contributed by atoms with van der Waals surface area (Å²) in [6.45, 7) is 2.22. The smallest absolute Gasteiger partial charge is 0.354 e. The molecule has 26 heavy (non-hydrogen) atoms. The predicted octanol–water partition coefficient (Wildman–Crippen LogP) is 2.09. The molecule has 1 aromatic heterocycles. The van der Waals surface area contributed by atoms with Crippen LogP contribution in [0.5, 0.6) is 5.75 Å². The number of ether oxygens (including phenoxy) is 2. The number of likely N-dealkylation sites (tertiary alicyclic amines) is 1. The summed E-state index contributed by atoms with van der Waals surface area (Å²) < 4.78 is 11.3. The number of carboxylic acid groups (broad SMARTS) is 1. The first-order chi connectivity index (χ1) is 12.6. The molecule has 2 aromatic rings. The van der Waals surface area contributed by atoms with Crippen molar-refractivity contribution in [1.82, 2.24) is 9.88 Å². The third kappa shape index (κ3) is 4.58. The Morgan fingerprint density at radius 3 is 2.54 bits per heavy atom. The molecule has 1 N–H and O–H groups in total. The Bertz CT molecular complexity index is 742. The SMILES string of the molecule is O=C(O)c1ccc(C(=O)N2CC(OCCCOc3ccccc3)C2)cn1. The molecular formula is C19H20N2O5. The van der Waals surface area contributed by atoms with Crippen LogP contribution in [0.25, 0.3) is 0 Å². The maximum atomic E-state index is 12.2. The molecule has 3 rings (SSSR count). The van der Waals surface area contributed by atoms with Gasteiger partial charge in [-0.15, -0.1) is 0 Å². The summed E-state index contributed by atoms with van der Waals surface area (Å²) in [7, 11) is 0. The van der Waals surface area contributed by atoms with E-state index in [1.165, 1.54) is 18.3 Å². The lowest BCUT2D eigenvalue weighted by Gasteiger charge is -2.38. The van der Waals surface area contributed by atoms with Crippen LogP contribution in [-0.2, 0) is 4.74 Å². The van der Waals surface area contributed by atoms with Crippen molar-refractivity contribution in [3.63, 3.8) is 0 Å². The molecule has 0 bridgehead atoms. The van der Waals surface area contributed by atoms with Gasteiger partial charge in [-0.1, -0.05) is 18.2 Å². The van der Waals surface area contributed by atoms with E-state index in [1.807, 2.05) is 30.3 Å². The second-order valence-corrected chi connectivity index (χ2v) is 5.96. The Kier molecular flexibility index (Phi) is 5.80. The number of aromatic carboxylic acids is 1. The quantitative estimate of drug-likeness (QED) is 0.729. The van der Waals surface area contributed by atoms with Crippen molar-refractivity contribution in [1.29, 1.82) is 0 Å². The summed E-state index contributed by atoms with van der Waals surface area (Å²) in [6, 6.07) is 12.4. The van der Waals surface area contributed by atoms with Gasteiger partial charge in [0.25, 0.3) is 5.91 Å². The lowest BCUT2D eigenvalue weighted by atomic mass is 10.1. The largest absolute Gasteiger partial charge is 0.494 e. The van der Waals surface area contributed by atoms with E-state index in [9.17, 15) is 9.59 Å². The Hall–Kier alpha value is -2.93. The maximum Gasteiger partial charge on any atom is 0.354 e. The van der Waals surface area contributed by atoms with Crippen LogP contribution in [0.4, 0.5) is 0 Å². The van der Waals surface area contributed by atoms with E-state index in [-0.39, 0.29) is 17.7 Å². The molecule has 0 atom stereocenters. The van der Waals surface area contributed by atoms with Gasteiger partial charge in [-0.3, -0.25) is 4.79 Å². The highest BCUT2D eigenvalue weighted by Gasteiger charge is 2.31. The van der Waals surface area contributed by atoms with Gasteiger partial charge in [0.2, 0.25) is 0 Å². The van der Waals surface area contributed by atoms with Crippen molar-refractivity contribution >= 4 is 11.9 Å². The van der Waals surface area contributed by atoms with Crippen LogP contribution in [-0.4, -0.2) is 59.3 Å². The Morgan fingerprint density at radius 1 is 1.12 bits per heavy atom. The van der Waals surface area contributed by atoms with Gasteiger partial charge in [-0.2, -0.15) is 0 Å². The van der Waals surface area contributed by atoms with Crippen molar-refractivity contribution in [2.24, 2.45) is 0 Å². The Morgan fingerprint density at radius 2 is 1.88 bits per heavy atom. The number of aromatic nitrogens is 1. The predicted molar refractivity (Wildman–Crippen MR) is 93.4 cm³/mol. The first-order valence-corrected chi connectivity index (χ1v) is 8.41. The molecule has 0 unspecified atom stereocenters. The summed E-state index contributed by atoms with van der Waals surface area (Å²) in [4.78, 5) is 28.4. The third-order valence-electron chi connectivity index (χ3n) is 4.02. The molecule has 0 saturated carbocycles. The summed E-state index contributed by atoms with van der Waals surface area (Å²) >= 11 is 0. The Labute approximate surface area is 151 Å². The number of pyridine rings is 1. The number of hydrogen-bond acceptors (Lipinski definition) is 5. The normalized spacial score (nSPS) is 13.9. The van der Waals surface area contributed by atoms with Gasteiger partial charge in [0.05, 0.1) is 24.9 Å². The molecule has 136 valence electrons. The molecule has 7 nitrogen and oxygen atoms in total. The standard InChI is InChI=1S/C19H20N2O5/c22-18(14-7-8-17(19(23)24)20-11-14)21-12-16(13-21)26-10-4-9-25-15-5-2-1-3-6-15/h1-3,5-8,11,16H,4,9-10,12-13H2,(H,23,24). The van der Waals surface area contributed by atoms with Gasteiger partial charge in [0.1, 0.15) is 11.4 Å².